The Labute approximate surface area is 248 Å². The van der Waals surface area contributed by atoms with Crippen LogP contribution in [0.3, 0.4) is 0 Å². The smallest absolute Gasteiger partial charge is 0.343 e. The van der Waals surface area contributed by atoms with Crippen LogP contribution >= 0.6 is 0 Å². The lowest BCUT2D eigenvalue weighted by atomic mass is 10.0. The second-order valence-electron chi connectivity index (χ2n) is 9.24. The van der Waals surface area contributed by atoms with E-state index >= 15 is 0 Å². The third kappa shape index (κ3) is 6.62. The lowest BCUT2D eigenvalue weighted by Crippen LogP contribution is -2.18. The van der Waals surface area contributed by atoms with E-state index in [0.29, 0.717) is 51.6 Å². The second kappa shape index (κ2) is 13.3. The predicted octanol–water partition coefficient (Wildman–Crippen LogP) is 6.30. The maximum absolute atomic E-state index is 13.2. The van der Waals surface area contributed by atoms with E-state index < -0.39 is 5.97 Å². The van der Waals surface area contributed by atoms with Crippen LogP contribution < -0.4 is 24.4 Å². The zero-order valence-electron chi connectivity index (χ0n) is 23.9. The van der Waals surface area contributed by atoms with Crippen LogP contribution in [0.15, 0.2) is 102 Å². The van der Waals surface area contributed by atoms with E-state index in [0.717, 1.165) is 5.56 Å². The van der Waals surface area contributed by atoms with Crippen LogP contribution in [0.2, 0.25) is 0 Å². The Kier molecular flexibility index (Phi) is 8.92. The zero-order chi connectivity index (χ0) is 30.2. The normalized spacial score (nSPS) is 10.9. The lowest BCUT2D eigenvalue weighted by Gasteiger charge is -2.12. The maximum Gasteiger partial charge on any atom is 0.343 e. The minimum absolute atomic E-state index is 0.236. The molecule has 216 valence electrons. The minimum atomic E-state index is -0.588. The summed E-state index contributed by atoms with van der Waals surface area (Å²) in [6, 6.07) is 28.6. The number of benzene rings is 4. The monoisotopic (exact) mass is 575 g/mol. The number of hydrazone groups is 1. The SMILES string of the molecule is CCOc1cc(C=NNC(=O)c2cc(-c3ccccc3)nc3ccccc23)ccc1OC(=O)c1ccc(OC)c(OC)c1. The molecule has 0 aliphatic rings. The van der Waals surface area contributed by atoms with Crippen LogP contribution in [0.4, 0.5) is 0 Å². The Morgan fingerprint density at radius 1 is 0.814 bits per heavy atom. The number of hydrogen-bond donors (Lipinski definition) is 1. The van der Waals surface area contributed by atoms with Gasteiger partial charge >= 0.3 is 5.97 Å². The van der Waals surface area contributed by atoms with E-state index in [-0.39, 0.29) is 17.2 Å². The Morgan fingerprint density at radius 3 is 2.33 bits per heavy atom. The van der Waals surface area contributed by atoms with Crippen molar-refractivity contribution in [1.82, 2.24) is 10.4 Å². The molecule has 43 heavy (non-hydrogen) atoms. The summed E-state index contributed by atoms with van der Waals surface area (Å²) < 4.78 is 21.8. The summed E-state index contributed by atoms with van der Waals surface area (Å²) in [5.74, 6) is 0.525. The number of carbonyl (C=O) groups excluding carboxylic acids is 2. The van der Waals surface area contributed by atoms with E-state index in [1.54, 1.807) is 42.5 Å². The topological polar surface area (TPSA) is 108 Å². The number of amides is 1. The fourth-order valence-corrected chi connectivity index (χ4v) is 4.43. The average molecular weight is 576 g/mol. The number of esters is 1. The number of rotatable bonds is 10. The Morgan fingerprint density at radius 2 is 1.56 bits per heavy atom. The molecule has 1 aromatic heterocycles. The molecule has 1 heterocycles. The van der Waals surface area contributed by atoms with Gasteiger partial charge < -0.3 is 18.9 Å². The van der Waals surface area contributed by atoms with Crippen molar-refractivity contribution in [2.75, 3.05) is 20.8 Å². The van der Waals surface area contributed by atoms with E-state index in [4.69, 9.17) is 23.9 Å². The molecular weight excluding hydrogens is 546 g/mol. The van der Waals surface area contributed by atoms with Crippen LogP contribution in [0, 0.1) is 0 Å². The highest BCUT2D eigenvalue weighted by Gasteiger charge is 2.17. The number of hydrogen-bond acceptors (Lipinski definition) is 8. The van der Waals surface area contributed by atoms with Crippen molar-refractivity contribution in [1.29, 1.82) is 0 Å². The molecule has 1 amide bonds. The van der Waals surface area contributed by atoms with Crippen molar-refractivity contribution in [3.63, 3.8) is 0 Å². The quantitative estimate of drug-likeness (QED) is 0.0901. The number of aromatic nitrogens is 1. The number of para-hydroxylation sites is 1. The molecular formula is C34H29N3O6. The minimum Gasteiger partial charge on any atom is -0.493 e. The summed E-state index contributed by atoms with van der Waals surface area (Å²) in [5.41, 5.74) is 6.27. The van der Waals surface area contributed by atoms with E-state index in [9.17, 15) is 9.59 Å². The summed E-state index contributed by atoms with van der Waals surface area (Å²) >= 11 is 0. The summed E-state index contributed by atoms with van der Waals surface area (Å²) in [7, 11) is 3.01. The number of nitrogens with one attached hydrogen (secondary N) is 1. The van der Waals surface area contributed by atoms with Gasteiger partial charge in [0.15, 0.2) is 23.0 Å². The zero-order valence-corrected chi connectivity index (χ0v) is 23.9. The molecule has 0 saturated heterocycles. The van der Waals surface area contributed by atoms with Crippen molar-refractivity contribution in [2.45, 2.75) is 6.92 Å². The molecule has 0 bridgehead atoms. The fourth-order valence-electron chi connectivity index (χ4n) is 4.43. The molecule has 9 heteroatoms. The van der Waals surface area contributed by atoms with Gasteiger partial charge in [0, 0.05) is 10.9 Å². The Balaban J connectivity index is 1.34. The molecule has 0 fully saturated rings. The van der Waals surface area contributed by atoms with E-state index in [1.165, 1.54) is 20.4 Å². The average Bonchev–Trinajstić information content (AvgIpc) is 3.05. The molecule has 5 aromatic rings. The Hall–Kier alpha value is -5.70. The molecule has 5 rings (SSSR count). The van der Waals surface area contributed by atoms with Gasteiger partial charge in [-0.25, -0.2) is 15.2 Å². The van der Waals surface area contributed by atoms with Gasteiger partial charge in [-0.05, 0) is 61.0 Å². The molecule has 9 nitrogen and oxygen atoms in total. The molecule has 0 unspecified atom stereocenters. The van der Waals surface area contributed by atoms with Crippen molar-refractivity contribution in [3.05, 3.63) is 114 Å². The van der Waals surface area contributed by atoms with Crippen molar-refractivity contribution >= 4 is 29.0 Å². The molecule has 0 radical (unpaired) electrons. The maximum atomic E-state index is 13.2. The van der Waals surface area contributed by atoms with E-state index in [1.807, 2.05) is 61.5 Å². The number of methoxy groups -OCH3 is 2. The van der Waals surface area contributed by atoms with Gasteiger partial charge in [-0.3, -0.25) is 4.79 Å². The summed E-state index contributed by atoms with van der Waals surface area (Å²) in [4.78, 5) is 30.8. The van der Waals surface area contributed by atoms with Crippen LogP contribution in [-0.4, -0.2) is 43.9 Å². The van der Waals surface area contributed by atoms with Gasteiger partial charge in [-0.15, -0.1) is 0 Å². The van der Waals surface area contributed by atoms with Crippen LogP contribution in [0.1, 0.15) is 33.2 Å². The largest absolute Gasteiger partial charge is 0.493 e. The molecule has 4 aromatic carbocycles. The number of fused-ring (bicyclic) bond motifs is 1. The van der Waals surface area contributed by atoms with Crippen molar-refractivity contribution in [3.8, 4) is 34.3 Å². The Bertz CT molecular complexity index is 1800. The molecule has 1 N–H and O–H groups in total. The molecule has 0 aliphatic carbocycles. The number of nitrogens with zero attached hydrogens (tertiary/aromatic N) is 2. The lowest BCUT2D eigenvalue weighted by molar-refractivity contribution is 0.0727. The summed E-state index contributed by atoms with van der Waals surface area (Å²) in [5, 5.41) is 4.88. The van der Waals surface area contributed by atoms with E-state index in [2.05, 4.69) is 10.5 Å². The van der Waals surface area contributed by atoms with Gasteiger partial charge in [0.1, 0.15) is 0 Å². The number of carbonyl (C=O) groups is 2. The molecule has 0 saturated carbocycles. The molecule has 0 spiro atoms. The van der Waals surface area contributed by atoms with Crippen molar-refractivity contribution < 1.29 is 28.5 Å². The highest BCUT2D eigenvalue weighted by atomic mass is 16.6. The first-order valence-corrected chi connectivity index (χ1v) is 13.5. The third-order valence-electron chi connectivity index (χ3n) is 6.50. The number of pyridine rings is 1. The van der Waals surface area contributed by atoms with Crippen LogP contribution in [-0.2, 0) is 0 Å². The van der Waals surface area contributed by atoms with Crippen LogP contribution in [0.5, 0.6) is 23.0 Å². The van der Waals surface area contributed by atoms with Gasteiger partial charge in [-0.1, -0.05) is 48.5 Å². The summed E-state index contributed by atoms with van der Waals surface area (Å²) in [6.45, 7) is 2.17. The van der Waals surface area contributed by atoms with Crippen LogP contribution in [0.25, 0.3) is 22.2 Å². The third-order valence-corrected chi connectivity index (χ3v) is 6.50. The first kappa shape index (κ1) is 28.8. The first-order valence-electron chi connectivity index (χ1n) is 13.5. The highest BCUT2D eigenvalue weighted by Crippen LogP contribution is 2.31. The fraction of sp³-hybridized carbons (Fsp3) is 0.118. The highest BCUT2D eigenvalue weighted by molar-refractivity contribution is 6.07. The number of ether oxygens (including phenoxy) is 4. The predicted molar refractivity (Wildman–Crippen MR) is 164 cm³/mol. The molecule has 0 aliphatic heterocycles. The van der Waals surface area contributed by atoms with Gasteiger partial charge in [0.25, 0.3) is 5.91 Å². The van der Waals surface area contributed by atoms with Gasteiger partial charge in [0.2, 0.25) is 0 Å². The summed E-state index contributed by atoms with van der Waals surface area (Å²) in [6.07, 6.45) is 1.49. The van der Waals surface area contributed by atoms with Gasteiger partial charge in [-0.2, -0.15) is 5.10 Å². The van der Waals surface area contributed by atoms with Crippen molar-refractivity contribution in [2.24, 2.45) is 5.10 Å². The molecule has 0 atom stereocenters. The second-order valence-corrected chi connectivity index (χ2v) is 9.24. The van der Waals surface area contributed by atoms with Gasteiger partial charge in [0.05, 0.1) is 49.4 Å². The standard InChI is InChI=1S/C34H29N3O6/c1-4-42-32-18-22(14-16-30(32)43-34(39)24-15-17-29(40-2)31(19-24)41-3)21-35-37-33(38)26-20-28(23-10-6-5-7-11-23)36-27-13-9-8-12-25(26)27/h5-21H,4H2,1-3H3,(H,37,38). The first-order chi connectivity index (χ1) is 21.0.